The van der Waals surface area contributed by atoms with E-state index in [9.17, 15) is 9.90 Å². The first-order valence-electron chi connectivity index (χ1n) is 7.13. The molecule has 2 aromatic rings. The average molecular weight is 302 g/mol. The zero-order chi connectivity index (χ0) is 14.8. The van der Waals surface area contributed by atoms with E-state index < -0.39 is 6.10 Å². The number of aromatic nitrogens is 1. The van der Waals surface area contributed by atoms with Gasteiger partial charge in [0.1, 0.15) is 10.7 Å². The van der Waals surface area contributed by atoms with Gasteiger partial charge in [0.25, 0.3) is 5.91 Å². The largest absolute Gasteiger partial charge is 0.391 e. The molecule has 0 spiro atoms. The van der Waals surface area contributed by atoms with Gasteiger partial charge < -0.3 is 10.0 Å². The van der Waals surface area contributed by atoms with Crippen LogP contribution in [0, 0.1) is 6.92 Å². The van der Waals surface area contributed by atoms with Crippen molar-refractivity contribution in [2.45, 2.75) is 25.9 Å². The summed E-state index contributed by atoms with van der Waals surface area (Å²) in [5.41, 5.74) is 2.71. The highest BCUT2D eigenvalue weighted by Gasteiger charge is 2.24. The molecule has 0 bridgehead atoms. The number of carbonyl (C=O) groups excluding carboxylic acids is 1. The summed E-state index contributed by atoms with van der Waals surface area (Å²) in [7, 11) is 0. The number of benzene rings is 1. The molecule has 4 nitrogen and oxygen atoms in total. The first-order valence-corrected chi connectivity index (χ1v) is 8.01. The molecule has 1 atom stereocenters. The number of thiazole rings is 1. The van der Waals surface area contributed by atoms with Crippen LogP contribution in [-0.4, -0.2) is 40.1 Å². The van der Waals surface area contributed by atoms with E-state index in [4.69, 9.17) is 0 Å². The van der Waals surface area contributed by atoms with Crippen LogP contribution in [-0.2, 0) is 0 Å². The fourth-order valence-electron chi connectivity index (χ4n) is 2.50. The van der Waals surface area contributed by atoms with Crippen LogP contribution in [0.15, 0.2) is 29.6 Å². The zero-order valence-electron chi connectivity index (χ0n) is 12.0. The van der Waals surface area contributed by atoms with Gasteiger partial charge in [-0.3, -0.25) is 4.79 Å². The van der Waals surface area contributed by atoms with Crippen molar-refractivity contribution in [3.63, 3.8) is 0 Å². The third-order valence-electron chi connectivity index (χ3n) is 3.71. The van der Waals surface area contributed by atoms with Gasteiger partial charge in [0.2, 0.25) is 0 Å². The summed E-state index contributed by atoms with van der Waals surface area (Å²) in [5, 5.41) is 12.3. The molecule has 0 aliphatic carbocycles. The van der Waals surface area contributed by atoms with Gasteiger partial charge >= 0.3 is 0 Å². The quantitative estimate of drug-likeness (QED) is 0.928. The maximum Gasteiger partial charge on any atom is 0.273 e. The maximum absolute atomic E-state index is 12.4. The topological polar surface area (TPSA) is 53.4 Å². The van der Waals surface area contributed by atoms with Crippen LogP contribution in [0.5, 0.6) is 0 Å². The second-order valence-electron chi connectivity index (χ2n) is 5.45. The number of carbonyl (C=O) groups is 1. The van der Waals surface area contributed by atoms with Gasteiger partial charge in [-0.2, -0.15) is 0 Å². The molecule has 0 saturated carbocycles. The predicted octanol–water partition coefficient (Wildman–Crippen LogP) is 2.72. The van der Waals surface area contributed by atoms with Crippen molar-refractivity contribution in [3.05, 3.63) is 40.9 Å². The number of hydrogen-bond acceptors (Lipinski definition) is 4. The Labute approximate surface area is 128 Å². The minimum absolute atomic E-state index is 0.0802. The standard InChI is InChI=1S/C16H18N2O2S/c1-11-4-6-12(7-5-11)15-17-14(10-21-15)16(20)18-8-2-3-13(19)9-18/h4-7,10,13,19H,2-3,8-9H2,1H3. The summed E-state index contributed by atoms with van der Waals surface area (Å²) >= 11 is 1.48. The number of aliphatic hydroxyl groups is 1. The Morgan fingerprint density at radius 1 is 1.38 bits per heavy atom. The molecule has 1 amide bonds. The Morgan fingerprint density at radius 2 is 2.14 bits per heavy atom. The lowest BCUT2D eigenvalue weighted by atomic mass is 10.1. The van der Waals surface area contributed by atoms with E-state index in [2.05, 4.69) is 4.98 Å². The number of aliphatic hydroxyl groups excluding tert-OH is 1. The molecule has 1 aromatic heterocycles. The number of piperidine rings is 1. The van der Waals surface area contributed by atoms with Crippen LogP contribution >= 0.6 is 11.3 Å². The third-order valence-corrected chi connectivity index (χ3v) is 4.60. The normalized spacial score (nSPS) is 18.8. The molecule has 5 heteroatoms. The van der Waals surface area contributed by atoms with Gasteiger partial charge in [0.15, 0.2) is 0 Å². The van der Waals surface area contributed by atoms with Gasteiger partial charge in [-0.05, 0) is 19.8 Å². The van der Waals surface area contributed by atoms with E-state index in [0.29, 0.717) is 18.8 Å². The molecule has 110 valence electrons. The molecule has 1 N–H and O–H groups in total. The predicted molar refractivity (Wildman–Crippen MR) is 83.4 cm³/mol. The SMILES string of the molecule is Cc1ccc(-c2nc(C(=O)N3CCCC(O)C3)cs2)cc1. The molecular formula is C16H18N2O2S. The Bertz CT molecular complexity index is 636. The number of likely N-dealkylation sites (tertiary alicyclic amines) is 1. The van der Waals surface area contributed by atoms with Gasteiger partial charge in [-0.15, -0.1) is 11.3 Å². The fourth-order valence-corrected chi connectivity index (χ4v) is 3.30. The highest BCUT2D eigenvalue weighted by molar-refractivity contribution is 7.13. The monoisotopic (exact) mass is 302 g/mol. The van der Waals surface area contributed by atoms with Crippen LogP contribution < -0.4 is 0 Å². The molecular weight excluding hydrogens is 284 g/mol. The Morgan fingerprint density at radius 3 is 2.86 bits per heavy atom. The maximum atomic E-state index is 12.4. The van der Waals surface area contributed by atoms with Crippen molar-refractivity contribution >= 4 is 17.2 Å². The van der Waals surface area contributed by atoms with Crippen molar-refractivity contribution in [3.8, 4) is 10.6 Å². The van der Waals surface area contributed by atoms with Gasteiger partial charge in [0, 0.05) is 24.0 Å². The summed E-state index contributed by atoms with van der Waals surface area (Å²) in [6, 6.07) is 8.12. The average Bonchev–Trinajstić information content (AvgIpc) is 2.97. The van der Waals surface area contributed by atoms with E-state index in [0.717, 1.165) is 23.4 Å². The van der Waals surface area contributed by atoms with Crippen LogP contribution in [0.25, 0.3) is 10.6 Å². The molecule has 1 saturated heterocycles. The molecule has 1 aliphatic heterocycles. The van der Waals surface area contributed by atoms with Crippen LogP contribution in [0.1, 0.15) is 28.9 Å². The van der Waals surface area contributed by atoms with E-state index in [1.807, 2.05) is 31.2 Å². The first-order chi connectivity index (χ1) is 10.1. The molecule has 1 aliphatic rings. The summed E-state index contributed by atoms with van der Waals surface area (Å²) in [4.78, 5) is 18.6. The number of amides is 1. The van der Waals surface area contributed by atoms with E-state index in [1.165, 1.54) is 16.9 Å². The second kappa shape index (κ2) is 5.95. The summed E-state index contributed by atoms with van der Waals surface area (Å²) in [5.74, 6) is -0.0802. The van der Waals surface area contributed by atoms with Crippen molar-refractivity contribution in [2.24, 2.45) is 0 Å². The molecule has 2 heterocycles. The highest BCUT2D eigenvalue weighted by atomic mass is 32.1. The number of nitrogens with zero attached hydrogens (tertiary/aromatic N) is 2. The smallest absolute Gasteiger partial charge is 0.273 e. The van der Waals surface area contributed by atoms with Gasteiger partial charge in [-0.25, -0.2) is 4.98 Å². The van der Waals surface area contributed by atoms with Gasteiger partial charge in [-0.1, -0.05) is 29.8 Å². The fraction of sp³-hybridized carbons (Fsp3) is 0.375. The molecule has 3 rings (SSSR count). The summed E-state index contributed by atoms with van der Waals surface area (Å²) in [6.45, 7) is 3.16. The number of β-amino-alcohol motifs (C(OH)–C–C–N with tert-alkyl or cyclic N) is 1. The summed E-state index contributed by atoms with van der Waals surface area (Å²) < 4.78 is 0. The lowest BCUT2D eigenvalue weighted by molar-refractivity contribution is 0.0469. The summed E-state index contributed by atoms with van der Waals surface area (Å²) in [6.07, 6.45) is 1.22. The van der Waals surface area contributed by atoms with Crippen molar-refractivity contribution < 1.29 is 9.90 Å². The third kappa shape index (κ3) is 3.14. The minimum atomic E-state index is -0.405. The zero-order valence-corrected chi connectivity index (χ0v) is 12.8. The molecule has 1 aromatic carbocycles. The second-order valence-corrected chi connectivity index (χ2v) is 6.31. The lowest BCUT2D eigenvalue weighted by Crippen LogP contribution is -2.42. The molecule has 0 radical (unpaired) electrons. The Balaban J connectivity index is 1.78. The number of hydrogen-bond donors (Lipinski definition) is 1. The first kappa shape index (κ1) is 14.2. The molecule has 1 fully saturated rings. The Kier molecular flexibility index (Phi) is 4.03. The highest BCUT2D eigenvalue weighted by Crippen LogP contribution is 2.25. The number of rotatable bonds is 2. The van der Waals surface area contributed by atoms with E-state index in [-0.39, 0.29) is 5.91 Å². The van der Waals surface area contributed by atoms with Crippen LogP contribution in [0.3, 0.4) is 0 Å². The molecule has 21 heavy (non-hydrogen) atoms. The van der Waals surface area contributed by atoms with Crippen molar-refractivity contribution in [2.75, 3.05) is 13.1 Å². The van der Waals surface area contributed by atoms with Crippen molar-refractivity contribution in [1.29, 1.82) is 0 Å². The Hall–Kier alpha value is -1.72. The van der Waals surface area contributed by atoms with Crippen LogP contribution in [0.2, 0.25) is 0 Å². The van der Waals surface area contributed by atoms with E-state index >= 15 is 0 Å². The lowest BCUT2D eigenvalue weighted by Gasteiger charge is -2.29. The minimum Gasteiger partial charge on any atom is -0.391 e. The van der Waals surface area contributed by atoms with Crippen LogP contribution in [0.4, 0.5) is 0 Å². The van der Waals surface area contributed by atoms with Crippen molar-refractivity contribution in [1.82, 2.24) is 9.88 Å². The van der Waals surface area contributed by atoms with Gasteiger partial charge in [0.05, 0.1) is 6.10 Å². The molecule has 1 unspecified atom stereocenters. The number of aryl methyl sites for hydroxylation is 1. The van der Waals surface area contributed by atoms with E-state index in [1.54, 1.807) is 10.3 Å².